The van der Waals surface area contributed by atoms with Crippen LogP contribution >= 0.6 is 0 Å². The summed E-state index contributed by atoms with van der Waals surface area (Å²) < 4.78 is 33.7. The van der Waals surface area contributed by atoms with Gasteiger partial charge in [-0.1, -0.05) is 20.8 Å². The number of methoxy groups -OCH3 is 1. The van der Waals surface area contributed by atoms with Crippen molar-refractivity contribution in [2.24, 2.45) is 5.14 Å². The molecule has 0 amide bonds. The molecule has 6 heteroatoms. The minimum Gasteiger partial charge on any atom is -0.493 e. The molecule has 21 heavy (non-hydrogen) atoms. The van der Waals surface area contributed by atoms with Gasteiger partial charge in [0, 0.05) is 19.3 Å². The van der Waals surface area contributed by atoms with Crippen LogP contribution in [0.15, 0.2) is 23.1 Å². The van der Waals surface area contributed by atoms with Gasteiger partial charge in [0.1, 0.15) is 5.75 Å². The van der Waals surface area contributed by atoms with Crippen molar-refractivity contribution in [3.05, 3.63) is 23.8 Å². The third-order valence-electron chi connectivity index (χ3n) is 3.09. The highest BCUT2D eigenvalue weighted by atomic mass is 32.2. The Bertz CT molecular complexity index is 562. The van der Waals surface area contributed by atoms with Crippen LogP contribution in [-0.2, 0) is 20.2 Å². The van der Waals surface area contributed by atoms with Crippen LogP contribution in [0.1, 0.15) is 39.2 Å². The molecule has 0 aliphatic carbocycles. The molecule has 5 nitrogen and oxygen atoms in total. The standard InChI is InChI=1S/C15H25NO4S/c1-15(2,3)13-11-12(21(16,17)18)7-8-14(13)20-10-6-5-9-19-4/h7-8,11H,5-6,9-10H2,1-4H3,(H2,16,17,18). The van der Waals surface area contributed by atoms with Gasteiger partial charge in [-0.3, -0.25) is 0 Å². The molecule has 1 rings (SSSR count). The predicted octanol–water partition coefficient (Wildman–Crippen LogP) is 2.44. The summed E-state index contributed by atoms with van der Waals surface area (Å²) in [6, 6.07) is 4.76. The number of primary sulfonamides is 1. The zero-order valence-corrected chi connectivity index (χ0v) is 14.0. The number of unbranched alkanes of at least 4 members (excludes halogenated alkanes) is 1. The fraction of sp³-hybridized carbons (Fsp3) is 0.600. The van der Waals surface area contributed by atoms with E-state index in [4.69, 9.17) is 14.6 Å². The first-order valence-corrected chi connectivity index (χ1v) is 8.50. The van der Waals surface area contributed by atoms with Gasteiger partial charge in [-0.15, -0.1) is 0 Å². The quantitative estimate of drug-likeness (QED) is 0.784. The second-order valence-corrected chi connectivity index (χ2v) is 7.56. The van der Waals surface area contributed by atoms with E-state index in [1.165, 1.54) is 6.07 Å². The molecule has 0 fully saturated rings. The minimum atomic E-state index is -3.71. The molecule has 0 aliphatic heterocycles. The van der Waals surface area contributed by atoms with Crippen LogP contribution < -0.4 is 9.88 Å². The lowest BCUT2D eigenvalue weighted by Crippen LogP contribution is -2.17. The first-order valence-electron chi connectivity index (χ1n) is 6.95. The molecule has 0 saturated heterocycles. The number of hydrogen-bond donors (Lipinski definition) is 1. The Hall–Kier alpha value is -1.11. The fourth-order valence-corrected chi connectivity index (χ4v) is 2.47. The van der Waals surface area contributed by atoms with E-state index in [-0.39, 0.29) is 10.3 Å². The van der Waals surface area contributed by atoms with Gasteiger partial charge < -0.3 is 9.47 Å². The first-order chi connectivity index (χ1) is 9.66. The third-order valence-corrected chi connectivity index (χ3v) is 4.00. The van der Waals surface area contributed by atoms with Gasteiger partial charge in [-0.05, 0) is 36.5 Å². The Morgan fingerprint density at radius 3 is 2.29 bits per heavy atom. The Balaban J connectivity index is 2.93. The van der Waals surface area contributed by atoms with Crippen LogP contribution in [0.2, 0.25) is 0 Å². The maximum absolute atomic E-state index is 11.5. The van der Waals surface area contributed by atoms with Crippen LogP contribution in [0.25, 0.3) is 0 Å². The molecule has 0 aliphatic rings. The van der Waals surface area contributed by atoms with Gasteiger partial charge in [-0.2, -0.15) is 0 Å². The van der Waals surface area contributed by atoms with Crippen molar-refractivity contribution >= 4 is 10.0 Å². The van der Waals surface area contributed by atoms with Crippen molar-refractivity contribution in [1.82, 2.24) is 0 Å². The monoisotopic (exact) mass is 315 g/mol. The van der Waals surface area contributed by atoms with Gasteiger partial charge in [0.05, 0.1) is 11.5 Å². The van der Waals surface area contributed by atoms with Crippen LogP contribution in [-0.4, -0.2) is 28.7 Å². The van der Waals surface area contributed by atoms with Crippen molar-refractivity contribution in [3.8, 4) is 5.75 Å². The molecule has 0 spiro atoms. The van der Waals surface area contributed by atoms with Crippen LogP contribution in [0.4, 0.5) is 0 Å². The fourth-order valence-electron chi connectivity index (χ4n) is 1.93. The molecule has 1 aromatic carbocycles. The van der Waals surface area contributed by atoms with Gasteiger partial charge in [0.25, 0.3) is 0 Å². The summed E-state index contributed by atoms with van der Waals surface area (Å²) in [5.41, 5.74) is 0.600. The first kappa shape index (κ1) is 17.9. The van der Waals surface area contributed by atoms with Crippen LogP contribution in [0, 0.1) is 0 Å². The largest absolute Gasteiger partial charge is 0.493 e. The van der Waals surface area contributed by atoms with E-state index in [0.29, 0.717) is 19.0 Å². The summed E-state index contributed by atoms with van der Waals surface area (Å²) in [5, 5.41) is 5.19. The molecular weight excluding hydrogens is 290 g/mol. The zero-order valence-electron chi connectivity index (χ0n) is 13.2. The van der Waals surface area contributed by atoms with Gasteiger partial charge >= 0.3 is 0 Å². The Kier molecular flexibility index (Phi) is 6.19. The zero-order chi connectivity index (χ0) is 16.1. The molecular formula is C15H25NO4S. The van der Waals surface area contributed by atoms with E-state index in [1.807, 2.05) is 20.8 Å². The smallest absolute Gasteiger partial charge is 0.238 e. The summed E-state index contributed by atoms with van der Waals surface area (Å²) >= 11 is 0. The molecule has 0 bridgehead atoms. The molecule has 0 aromatic heterocycles. The lowest BCUT2D eigenvalue weighted by molar-refractivity contribution is 0.183. The molecule has 0 atom stereocenters. The molecule has 0 radical (unpaired) electrons. The summed E-state index contributed by atoms with van der Waals surface area (Å²) in [7, 11) is -2.04. The van der Waals surface area contributed by atoms with E-state index in [9.17, 15) is 8.42 Å². The van der Waals surface area contributed by atoms with Crippen molar-refractivity contribution in [1.29, 1.82) is 0 Å². The second-order valence-electron chi connectivity index (χ2n) is 6.00. The minimum absolute atomic E-state index is 0.110. The maximum Gasteiger partial charge on any atom is 0.238 e. The number of sulfonamides is 1. The SMILES string of the molecule is COCCCCOc1ccc(S(N)(=O)=O)cc1C(C)(C)C. The van der Waals surface area contributed by atoms with Gasteiger partial charge in [-0.25, -0.2) is 13.6 Å². The maximum atomic E-state index is 11.5. The summed E-state index contributed by atoms with van der Waals surface area (Å²) in [5.74, 6) is 0.701. The Labute approximate surface area is 127 Å². The average Bonchev–Trinajstić information content (AvgIpc) is 2.36. The normalized spacial score (nSPS) is 12.4. The highest BCUT2D eigenvalue weighted by Crippen LogP contribution is 2.33. The number of rotatable bonds is 7. The highest BCUT2D eigenvalue weighted by molar-refractivity contribution is 7.89. The number of hydrogen-bond acceptors (Lipinski definition) is 4. The van der Waals surface area contributed by atoms with E-state index in [1.54, 1.807) is 19.2 Å². The van der Waals surface area contributed by atoms with Crippen molar-refractivity contribution < 1.29 is 17.9 Å². The molecule has 120 valence electrons. The van der Waals surface area contributed by atoms with E-state index < -0.39 is 10.0 Å². The van der Waals surface area contributed by atoms with Crippen molar-refractivity contribution in [3.63, 3.8) is 0 Å². The number of ether oxygens (including phenoxy) is 2. The van der Waals surface area contributed by atoms with E-state index >= 15 is 0 Å². The molecule has 2 N–H and O–H groups in total. The molecule has 0 unspecified atom stereocenters. The second kappa shape index (κ2) is 7.24. The summed E-state index contributed by atoms with van der Waals surface area (Å²) in [6.45, 7) is 7.30. The van der Waals surface area contributed by atoms with Crippen LogP contribution in [0.3, 0.4) is 0 Å². The number of benzene rings is 1. The molecule has 1 aromatic rings. The topological polar surface area (TPSA) is 78.6 Å². The molecule has 0 saturated carbocycles. The third kappa shape index (κ3) is 5.65. The summed E-state index contributed by atoms with van der Waals surface area (Å²) in [6.07, 6.45) is 1.81. The van der Waals surface area contributed by atoms with Crippen molar-refractivity contribution in [2.45, 2.75) is 43.9 Å². The van der Waals surface area contributed by atoms with E-state index in [2.05, 4.69) is 0 Å². The summed E-state index contributed by atoms with van der Waals surface area (Å²) in [4.78, 5) is 0.110. The molecule has 0 heterocycles. The van der Waals surface area contributed by atoms with Crippen LogP contribution in [0.5, 0.6) is 5.75 Å². The average molecular weight is 315 g/mol. The number of nitrogens with two attached hydrogens (primary N) is 1. The van der Waals surface area contributed by atoms with Gasteiger partial charge in [0.2, 0.25) is 10.0 Å². The Morgan fingerprint density at radius 2 is 1.76 bits per heavy atom. The lowest BCUT2D eigenvalue weighted by Gasteiger charge is -2.23. The van der Waals surface area contributed by atoms with E-state index in [0.717, 1.165) is 18.4 Å². The van der Waals surface area contributed by atoms with Crippen molar-refractivity contribution in [2.75, 3.05) is 20.3 Å². The Morgan fingerprint density at radius 1 is 1.14 bits per heavy atom. The van der Waals surface area contributed by atoms with Gasteiger partial charge in [0.15, 0.2) is 0 Å². The lowest BCUT2D eigenvalue weighted by atomic mass is 9.86. The predicted molar refractivity (Wildman–Crippen MR) is 83.1 cm³/mol. The highest BCUT2D eigenvalue weighted by Gasteiger charge is 2.22.